The Morgan fingerprint density at radius 2 is 2.32 bits per heavy atom. The van der Waals surface area contributed by atoms with Crippen LogP contribution in [0.3, 0.4) is 0 Å². The van der Waals surface area contributed by atoms with Gasteiger partial charge in [-0.25, -0.2) is 4.98 Å². The van der Waals surface area contributed by atoms with Crippen LogP contribution in [0.25, 0.3) is 0 Å². The van der Waals surface area contributed by atoms with E-state index in [9.17, 15) is 0 Å². The number of rotatable bonds is 7. The highest BCUT2D eigenvalue weighted by atomic mass is 32.1. The van der Waals surface area contributed by atoms with E-state index in [1.807, 2.05) is 17.8 Å². The Kier molecular flexibility index (Phi) is 4.99. The molecule has 5 heteroatoms. The van der Waals surface area contributed by atoms with Crippen LogP contribution in [-0.4, -0.2) is 23.2 Å². The molecule has 0 amide bonds. The van der Waals surface area contributed by atoms with E-state index in [2.05, 4.69) is 34.8 Å². The SMILES string of the molecule is CCCn1ccnc1C(NCC)c1cc(OC)cs1. The molecular weight excluding hydrogens is 258 g/mol. The molecule has 0 radical (unpaired) electrons. The van der Waals surface area contributed by atoms with Crippen molar-refractivity contribution in [1.82, 2.24) is 14.9 Å². The lowest BCUT2D eigenvalue weighted by Gasteiger charge is -2.17. The van der Waals surface area contributed by atoms with E-state index in [0.717, 1.165) is 31.1 Å². The zero-order valence-electron chi connectivity index (χ0n) is 11.7. The molecular formula is C14H21N3OS. The summed E-state index contributed by atoms with van der Waals surface area (Å²) >= 11 is 1.71. The van der Waals surface area contributed by atoms with E-state index in [1.165, 1.54) is 4.88 Å². The predicted molar refractivity (Wildman–Crippen MR) is 78.9 cm³/mol. The number of nitrogens with zero attached hydrogens (tertiary/aromatic N) is 2. The van der Waals surface area contributed by atoms with Gasteiger partial charge in [0.1, 0.15) is 17.6 Å². The number of hydrogen-bond acceptors (Lipinski definition) is 4. The summed E-state index contributed by atoms with van der Waals surface area (Å²) in [7, 11) is 1.70. The maximum absolute atomic E-state index is 5.27. The van der Waals surface area contributed by atoms with Crippen LogP contribution in [-0.2, 0) is 6.54 Å². The fourth-order valence-electron chi connectivity index (χ4n) is 2.13. The number of thiophene rings is 1. The topological polar surface area (TPSA) is 39.1 Å². The minimum Gasteiger partial charge on any atom is -0.496 e. The van der Waals surface area contributed by atoms with Crippen LogP contribution in [0.5, 0.6) is 5.75 Å². The summed E-state index contributed by atoms with van der Waals surface area (Å²) in [5.41, 5.74) is 0. The summed E-state index contributed by atoms with van der Waals surface area (Å²) in [5, 5.41) is 5.54. The summed E-state index contributed by atoms with van der Waals surface area (Å²) in [6.07, 6.45) is 5.03. The van der Waals surface area contributed by atoms with E-state index in [1.54, 1.807) is 18.4 Å². The number of imidazole rings is 1. The smallest absolute Gasteiger partial charge is 0.131 e. The van der Waals surface area contributed by atoms with Gasteiger partial charge in [-0.05, 0) is 19.0 Å². The average molecular weight is 279 g/mol. The van der Waals surface area contributed by atoms with Gasteiger partial charge in [0.25, 0.3) is 0 Å². The molecule has 1 unspecified atom stereocenters. The first-order valence-electron chi connectivity index (χ1n) is 6.67. The molecule has 2 heterocycles. The van der Waals surface area contributed by atoms with Gasteiger partial charge in [-0.3, -0.25) is 0 Å². The highest BCUT2D eigenvalue weighted by molar-refractivity contribution is 7.10. The summed E-state index contributed by atoms with van der Waals surface area (Å²) in [5.74, 6) is 1.99. The summed E-state index contributed by atoms with van der Waals surface area (Å²) in [6, 6.07) is 2.23. The Balaban J connectivity index is 2.30. The van der Waals surface area contributed by atoms with Gasteiger partial charge < -0.3 is 14.6 Å². The Morgan fingerprint density at radius 1 is 1.47 bits per heavy atom. The second-order valence-corrected chi connectivity index (χ2v) is 5.30. The van der Waals surface area contributed by atoms with Gasteiger partial charge in [-0.2, -0.15) is 0 Å². The third-order valence-corrected chi connectivity index (χ3v) is 3.97. The third kappa shape index (κ3) is 3.16. The Morgan fingerprint density at radius 3 is 2.95 bits per heavy atom. The van der Waals surface area contributed by atoms with E-state index < -0.39 is 0 Å². The second-order valence-electron chi connectivity index (χ2n) is 4.36. The molecule has 2 aromatic heterocycles. The molecule has 0 spiro atoms. The summed E-state index contributed by atoms with van der Waals surface area (Å²) in [4.78, 5) is 5.77. The summed E-state index contributed by atoms with van der Waals surface area (Å²) < 4.78 is 7.50. The maximum atomic E-state index is 5.27. The van der Waals surface area contributed by atoms with Crippen molar-refractivity contribution in [3.63, 3.8) is 0 Å². The fourth-order valence-corrected chi connectivity index (χ4v) is 3.05. The number of nitrogens with one attached hydrogen (secondary N) is 1. The minimum absolute atomic E-state index is 0.139. The third-order valence-electron chi connectivity index (χ3n) is 2.99. The fraction of sp³-hybridized carbons (Fsp3) is 0.500. The lowest BCUT2D eigenvalue weighted by atomic mass is 10.2. The molecule has 0 aromatic carbocycles. The molecule has 2 aromatic rings. The van der Waals surface area contributed by atoms with Gasteiger partial charge in [0.2, 0.25) is 0 Å². The molecule has 0 aliphatic rings. The van der Waals surface area contributed by atoms with Crippen molar-refractivity contribution >= 4 is 11.3 Å². The number of ether oxygens (including phenoxy) is 1. The normalized spacial score (nSPS) is 12.6. The van der Waals surface area contributed by atoms with Crippen LogP contribution in [0.1, 0.15) is 37.0 Å². The molecule has 0 aliphatic heterocycles. The van der Waals surface area contributed by atoms with Crippen LogP contribution < -0.4 is 10.1 Å². The Bertz CT molecular complexity index is 506. The lowest BCUT2D eigenvalue weighted by Crippen LogP contribution is -2.24. The zero-order chi connectivity index (χ0) is 13.7. The molecule has 2 rings (SSSR count). The molecule has 0 aliphatic carbocycles. The standard InChI is InChI=1S/C14H21N3OS/c1-4-7-17-8-6-16-14(17)13(15-5-2)12-9-11(18-3)10-19-12/h6,8-10,13,15H,4-5,7H2,1-3H3. The molecule has 1 N–H and O–H groups in total. The number of aromatic nitrogens is 2. The van der Waals surface area contributed by atoms with Gasteiger partial charge in [0.05, 0.1) is 7.11 Å². The first-order valence-corrected chi connectivity index (χ1v) is 7.54. The second kappa shape index (κ2) is 6.73. The van der Waals surface area contributed by atoms with Crippen molar-refractivity contribution in [2.24, 2.45) is 0 Å². The van der Waals surface area contributed by atoms with Gasteiger partial charge in [0, 0.05) is 29.2 Å². The van der Waals surface area contributed by atoms with Crippen molar-refractivity contribution in [2.45, 2.75) is 32.9 Å². The van der Waals surface area contributed by atoms with Gasteiger partial charge in [-0.15, -0.1) is 11.3 Å². The Labute approximate surface area is 118 Å². The number of hydrogen-bond donors (Lipinski definition) is 1. The van der Waals surface area contributed by atoms with Crippen molar-refractivity contribution in [1.29, 1.82) is 0 Å². The highest BCUT2D eigenvalue weighted by Crippen LogP contribution is 2.30. The van der Waals surface area contributed by atoms with Crippen LogP contribution in [0.2, 0.25) is 0 Å². The van der Waals surface area contributed by atoms with E-state index >= 15 is 0 Å². The summed E-state index contributed by atoms with van der Waals surface area (Å²) in [6.45, 7) is 6.20. The van der Waals surface area contributed by atoms with Gasteiger partial charge in [0.15, 0.2) is 0 Å². The minimum atomic E-state index is 0.139. The first kappa shape index (κ1) is 14.1. The van der Waals surface area contributed by atoms with Gasteiger partial charge in [-0.1, -0.05) is 13.8 Å². The zero-order valence-corrected chi connectivity index (χ0v) is 12.5. The van der Waals surface area contributed by atoms with Crippen molar-refractivity contribution < 1.29 is 4.74 Å². The number of methoxy groups -OCH3 is 1. The van der Waals surface area contributed by atoms with Crippen LogP contribution in [0, 0.1) is 0 Å². The quantitative estimate of drug-likeness (QED) is 0.846. The van der Waals surface area contributed by atoms with Crippen molar-refractivity contribution in [2.75, 3.05) is 13.7 Å². The predicted octanol–water partition coefficient (Wildman–Crippen LogP) is 3.06. The molecule has 1 atom stereocenters. The average Bonchev–Trinajstić information content (AvgIpc) is 3.05. The number of aryl methyl sites for hydroxylation is 1. The highest BCUT2D eigenvalue weighted by Gasteiger charge is 2.20. The first-order chi connectivity index (χ1) is 9.30. The van der Waals surface area contributed by atoms with Crippen molar-refractivity contribution in [3.8, 4) is 5.75 Å². The monoisotopic (exact) mass is 279 g/mol. The van der Waals surface area contributed by atoms with E-state index in [-0.39, 0.29) is 6.04 Å². The van der Waals surface area contributed by atoms with E-state index in [0.29, 0.717) is 0 Å². The molecule has 19 heavy (non-hydrogen) atoms. The van der Waals surface area contributed by atoms with Crippen LogP contribution >= 0.6 is 11.3 Å². The van der Waals surface area contributed by atoms with Gasteiger partial charge >= 0.3 is 0 Å². The molecule has 0 bridgehead atoms. The largest absolute Gasteiger partial charge is 0.496 e. The molecule has 104 valence electrons. The van der Waals surface area contributed by atoms with Crippen LogP contribution in [0.15, 0.2) is 23.8 Å². The van der Waals surface area contributed by atoms with E-state index in [4.69, 9.17) is 4.74 Å². The molecule has 0 saturated heterocycles. The molecule has 0 fully saturated rings. The maximum Gasteiger partial charge on any atom is 0.131 e. The van der Waals surface area contributed by atoms with Crippen LogP contribution in [0.4, 0.5) is 0 Å². The Hall–Kier alpha value is -1.33. The molecule has 0 saturated carbocycles. The molecule has 4 nitrogen and oxygen atoms in total. The lowest BCUT2D eigenvalue weighted by molar-refractivity contribution is 0.416. The van der Waals surface area contributed by atoms with Crippen molar-refractivity contribution in [3.05, 3.63) is 34.5 Å².